The minimum atomic E-state index is -0.00654. The Kier molecular flexibility index (Phi) is 6.50. The lowest BCUT2D eigenvalue weighted by Crippen LogP contribution is -2.52. The minimum Gasteiger partial charge on any atom is -0.362 e. The first-order valence-corrected chi connectivity index (χ1v) is 10.1. The van der Waals surface area contributed by atoms with E-state index in [9.17, 15) is 0 Å². The Hall–Kier alpha value is -1.76. The van der Waals surface area contributed by atoms with E-state index in [1.54, 1.807) is 0 Å². The first-order valence-electron chi connectivity index (χ1n) is 10.1. The summed E-state index contributed by atoms with van der Waals surface area (Å²) in [6, 6.07) is 21.7. The van der Waals surface area contributed by atoms with Crippen LogP contribution in [0.15, 0.2) is 60.7 Å². The average molecular weight is 367 g/mol. The molecule has 2 saturated heterocycles. The number of nitrogens with one attached hydrogen (secondary N) is 4. The lowest BCUT2D eigenvalue weighted by molar-refractivity contribution is -0.0656. The molecular weight excluding hydrogens is 336 g/mol. The van der Waals surface area contributed by atoms with E-state index in [-0.39, 0.29) is 24.3 Å². The first-order chi connectivity index (χ1) is 13.4. The number of rotatable bonds is 6. The Balaban J connectivity index is 1.62. The number of hydrogen-bond acceptors (Lipinski definition) is 5. The van der Waals surface area contributed by atoms with E-state index < -0.39 is 0 Å². The molecule has 4 unspecified atom stereocenters. The Morgan fingerprint density at radius 2 is 1.11 bits per heavy atom. The summed E-state index contributed by atoms with van der Waals surface area (Å²) >= 11 is 0. The van der Waals surface area contributed by atoms with Crippen molar-refractivity contribution in [3.63, 3.8) is 0 Å². The highest BCUT2D eigenvalue weighted by molar-refractivity contribution is 5.22. The predicted octanol–water partition coefficient (Wildman–Crippen LogP) is 3.00. The maximum absolute atomic E-state index is 6.90. The predicted molar refractivity (Wildman–Crippen MR) is 108 cm³/mol. The van der Waals surface area contributed by atoms with Gasteiger partial charge in [0.15, 0.2) is 0 Å². The highest BCUT2D eigenvalue weighted by atomic mass is 16.5. The molecule has 27 heavy (non-hydrogen) atoms. The number of ether oxygens (including phenoxy) is 1. The van der Waals surface area contributed by atoms with Crippen LogP contribution in [0.1, 0.15) is 49.0 Å². The average Bonchev–Trinajstić information content (AvgIpc) is 2.77. The van der Waals surface area contributed by atoms with Crippen molar-refractivity contribution in [2.45, 2.75) is 50.0 Å². The molecule has 4 N–H and O–H groups in total. The van der Waals surface area contributed by atoms with Gasteiger partial charge in [0.25, 0.3) is 0 Å². The van der Waals surface area contributed by atoms with Gasteiger partial charge >= 0.3 is 0 Å². The van der Waals surface area contributed by atoms with Crippen molar-refractivity contribution >= 4 is 0 Å². The van der Waals surface area contributed by atoms with Gasteiger partial charge in [-0.3, -0.25) is 21.7 Å². The molecular formula is C22H30N4O. The molecule has 2 aromatic carbocycles. The maximum atomic E-state index is 6.90. The highest BCUT2D eigenvalue weighted by Gasteiger charge is 2.33. The summed E-state index contributed by atoms with van der Waals surface area (Å²) in [4.78, 5) is 0. The standard InChI is InChI=1S/C22H30N4O/c1-3-9-17(10-4-1)21(19-13-7-15-23-25-19)27-22(18-11-5-2-6-12-18)20-14-8-16-24-26-20/h1-6,9-12,19-26H,7-8,13-16H2. The van der Waals surface area contributed by atoms with Crippen LogP contribution in [0.25, 0.3) is 0 Å². The van der Waals surface area contributed by atoms with Crippen molar-refractivity contribution in [2.75, 3.05) is 13.1 Å². The molecule has 2 aromatic rings. The zero-order valence-corrected chi connectivity index (χ0v) is 15.7. The first kappa shape index (κ1) is 18.6. The molecule has 2 aliphatic heterocycles. The smallest absolute Gasteiger partial charge is 0.100 e. The van der Waals surface area contributed by atoms with Crippen LogP contribution in [0.4, 0.5) is 0 Å². The molecule has 4 rings (SSSR count). The molecule has 2 aliphatic rings. The molecule has 0 saturated carbocycles. The van der Waals surface area contributed by atoms with E-state index in [2.05, 4.69) is 82.4 Å². The van der Waals surface area contributed by atoms with Gasteiger partial charge in [-0.25, -0.2) is 0 Å². The monoisotopic (exact) mass is 366 g/mol. The second kappa shape index (κ2) is 9.44. The molecule has 0 spiro atoms. The number of hydrogen-bond donors (Lipinski definition) is 4. The summed E-state index contributed by atoms with van der Waals surface area (Å²) < 4.78 is 6.90. The van der Waals surface area contributed by atoms with Crippen LogP contribution < -0.4 is 21.7 Å². The van der Waals surface area contributed by atoms with Crippen molar-refractivity contribution in [2.24, 2.45) is 0 Å². The van der Waals surface area contributed by atoms with Gasteiger partial charge in [0, 0.05) is 13.1 Å². The van der Waals surface area contributed by atoms with Gasteiger partial charge in [0.05, 0.1) is 12.1 Å². The Morgan fingerprint density at radius 1 is 0.667 bits per heavy atom. The third kappa shape index (κ3) is 4.75. The zero-order chi connectivity index (χ0) is 18.3. The van der Waals surface area contributed by atoms with E-state index in [1.807, 2.05) is 0 Å². The maximum Gasteiger partial charge on any atom is 0.100 e. The molecule has 5 heteroatoms. The largest absolute Gasteiger partial charge is 0.362 e. The van der Waals surface area contributed by atoms with Crippen LogP contribution in [0, 0.1) is 0 Å². The van der Waals surface area contributed by atoms with Crippen LogP contribution >= 0.6 is 0 Å². The normalized spacial score (nSPS) is 25.6. The Bertz CT molecular complexity index is 610. The topological polar surface area (TPSA) is 57.4 Å². The van der Waals surface area contributed by atoms with E-state index >= 15 is 0 Å². The Morgan fingerprint density at radius 3 is 1.48 bits per heavy atom. The lowest BCUT2D eigenvalue weighted by atomic mass is 9.94. The molecule has 0 bridgehead atoms. The van der Waals surface area contributed by atoms with Crippen molar-refractivity contribution < 1.29 is 4.74 Å². The van der Waals surface area contributed by atoms with Gasteiger partial charge in [-0.05, 0) is 36.8 Å². The molecule has 144 valence electrons. The van der Waals surface area contributed by atoms with Crippen molar-refractivity contribution in [1.29, 1.82) is 0 Å². The molecule has 0 amide bonds. The SMILES string of the molecule is c1ccc(C(OC(c2ccccc2)C2CCCNN2)C2CCCNN2)cc1. The van der Waals surface area contributed by atoms with Crippen LogP contribution in [0.2, 0.25) is 0 Å². The van der Waals surface area contributed by atoms with Gasteiger partial charge in [-0.15, -0.1) is 0 Å². The number of hydrazine groups is 2. The third-order valence-electron chi connectivity index (χ3n) is 5.49. The van der Waals surface area contributed by atoms with E-state index in [1.165, 1.54) is 11.1 Å². The van der Waals surface area contributed by atoms with Crippen molar-refractivity contribution in [3.8, 4) is 0 Å². The molecule has 0 aliphatic carbocycles. The fourth-order valence-corrected chi connectivity index (χ4v) is 4.08. The molecule has 0 radical (unpaired) electrons. The van der Waals surface area contributed by atoms with Gasteiger partial charge in [-0.2, -0.15) is 0 Å². The van der Waals surface area contributed by atoms with Crippen LogP contribution in [-0.2, 0) is 4.74 Å². The fourth-order valence-electron chi connectivity index (χ4n) is 4.08. The number of benzene rings is 2. The molecule has 2 heterocycles. The van der Waals surface area contributed by atoms with Crippen LogP contribution in [0.3, 0.4) is 0 Å². The van der Waals surface area contributed by atoms with Gasteiger partial charge < -0.3 is 4.74 Å². The van der Waals surface area contributed by atoms with Crippen LogP contribution in [-0.4, -0.2) is 25.2 Å². The highest BCUT2D eigenvalue weighted by Crippen LogP contribution is 2.34. The van der Waals surface area contributed by atoms with E-state index in [0.29, 0.717) is 0 Å². The summed E-state index contributed by atoms with van der Waals surface area (Å²) in [5, 5.41) is 0. The van der Waals surface area contributed by atoms with Crippen LogP contribution in [0.5, 0.6) is 0 Å². The van der Waals surface area contributed by atoms with Crippen molar-refractivity contribution in [3.05, 3.63) is 71.8 Å². The molecule has 0 aromatic heterocycles. The minimum absolute atomic E-state index is 0.00654. The van der Waals surface area contributed by atoms with E-state index in [4.69, 9.17) is 4.74 Å². The van der Waals surface area contributed by atoms with Crippen molar-refractivity contribution in [1.82, 2.24) is 21.7 Å². The van der Waals surface area contributed by atoms with Gasteiger partial charge in [0.2, 0.25) is 0 Å². The quantitative estimate of drug-likeness (QED) is 0.633. The molecule has 2 fully saturated rings. The summed E-state index contributed by atoms with van der Waals surface area (Å²) in [5.74, 6) is 0. The fraction of sp³-hybridized carbons (Fsp3) is 0.455. The second-order valence-electron chi connectivity index (χ2n) is 7.44. The third-order valence-corrected chi connectivity index (χ3v) is 5.49. The van der Waals surface area contributed by atoms with E-state index in [0.717, 1.165) is 38.8 Å². The molecule has 5 nitrogen and oxygen atoms in total. The summed E-state index contributed by atoms with van der Waals surface area (Å²) in [7, 11) is 0. The lowest BCUT2D eigenvalue weighted by Gasteiger charge is -2.38. The second-order valence-corrected chi connectivity index (χ2v) is 7.44. The summed E-state index contributed by atoms with van der Waals surface area (Å²) in [5.41, 5.74) is 16.0. The van der Waals surface area contributed by atoms with Gasteiger partial charge in [0.1, 0.15) is 12.2 Å². The summed E-state index contributed by atoms with van der Waals surface area (Å²) in [6.45, 7) is 2.02. The van der Waals surface area contributed by atoms with Gasteiger partial charge in [-0.1, -0.05) is 60.7 Å². The Labute approximate surface area is 161 Å². The zero-order valence-electron chi connectivity index (χ0n) is 15.7. The summed E-state index contributed by atoms with van der Waals surface area (Å²) in [6.07, 6.45) is 4.50. The molecule has 4 atom stereocenters.